The molecule has 2 rings (SSSR count). The highest BCUT2D eigenvalue weighted by Gasteiger charge is 2.06. The van der Waals surface area contributed by atoms with Gasteiger partial charge in [-0.1, -0.05) is 18.2 Å². The second-order valence-corrected chi connectivity index (χ2v) is 3.49. The van der Waals surface area contributed by atoms with Gasteiger partial charge in [-0.15, -0.1) is 0 Å². The quantitative estimate of drug-likeness (QED) is 0.871. The smallest absolute Gasteiger partial charge is 0.324 e. The molecule has 0 aliphatic heterocycles. The first-order valence-corrected chi connectivity index (χ1v) is 5.41. The summed E-state index contributed by atoms with van der Waals surface area (Å²) in [7, 11) is 1.55. The number of benzene rings is 1. The molecule has 0 saturated heterocycles. The van der Waals surface area contributed by atoms with Crippen molar-refractivity contribution >= 4 is 17.5 Å². The number of hydrogen-bond acceptors (Lipinski definition) is 3. The fourth-order valence-corrected chi connectivity index (χ4v) is 1.45. The van der Waals surface area contributed by atoms with Crippen molar-refractivity contribution in [3.8, 4) is 5.75 Å². The molecule has 2 amide bonds. The summed E-state index contributed by atoms with van der Waals surface area (Å²) in [5, 5.41) is 5.32. The van der Waals surface area contributed by atoms with E-state index >= 15 is 0 Å². The van der Waals surface area contributed by atoms with E-state index in [9.17, 15) is 4.79 Å². The largest absolute Gasteiger partial charge is 0.495 e. The maximum absolute atomic E-state index is 11.7. The number of ether oxygens (including phenoxy) is 1. The van der Waals surface area contributed by atoms with Gasteiger partial charge in [0, 0.05) is 6.20 Å². The number of pyridine rings is 1. The van der Waals surface area contributed by atoms with Gasteiger partial charge in [0.05, 0.1) is 12.8 Å². The van der Waals surface area contributed by atoms with E-state index in [0.29, 0.717) is 17.3 Å². The molecule has 0 spiro atoms. The Hall–Kier alpha value is -2.56. The van der Waals surface area contributed by atoms with Gasteiger partial charge in [0.25, 0.3) is 0 Å². The van der Waals surface area contributed by atoms with Crippen molar-refractivity contribution in [2.24, 2.45) is 0 Å². The third-order valence-corrected chi connectivity index (χ3v) is 2.26. The average Bonchev–Trinajstić information content (AvgIpc) is 2.40. The van der Waals surface area contributed by atoms with Crippen LogP contribution in [0.5, 0.6) is 5.75 Å². The summed E-state index contributed by atoms with van der Waals surface area (Å²) in [5.41, 5.74) is 0.605. The van der Waals surface area contributed by atoms with E-state index in [2.05, 4.69) is 15.6 Å². The zero-order valence-electron chi connectivity index (χ0n) is 9.88. The van der Waals surface area contributed by atoms with Gasteiger partial charge >= 0.3 is 6.03 Å². The number of aromatic nitrogens is 1. The van der Waals surface area contributed by atoms with Crippen molar-refractivity contribution in [2.75, 3.05) is 17.7 Å². The summed E-state index contributed by atoms with van der Waals surface area (Å²) in [5.74, 6) is 1.10. The van der Waals surface area contributed by atoms with Gasteiger partial charge < -0.3 is 10.1 Å². The van der Waals surface area contributed by atoms with Crippen LogP contribution in [-0.4, -0.2) is 18.1 Å². The molecule has 18 heavy (non-hydrogen) atoms. The molecule has 92 valence electrons. The Kier molecular flexibility index (Phi) is 3.76. The molecule has 0 bridgehead atoms. The predicted octanol–water partition coefficient (Wildman–Crippen LogP) is 2.73. The Morgan fingerprint density at radius 2 is 1.89 bits per heavy atom. The third kappa shape index (κ3) is 2.98. The molecule has 1 aromatic carbocycles. The fraction of sp³-hybridized carbons (Fsp3) is 0.0769. The lowest BCUT2D eigenvalue weighted by atomic mass is 10.3. The van der Waals surface area contributed by atoms with Crippen LogP contribution in [0.2, 0.25) is 0 Å². The molecule has 0 unspecified atom stereocenters. The number of hydrogen-bond donors (Lipinski definition) is 2. The molecule has 5 nitrogen and oxygen atoms in total. The van der Waals surface area contributed by atoms with Crippen LogP contribution in [0.4, 0.5) is 16.3 Å². The Morgan fingerprint density at radius 1 is 1.11 bits per heavy atom. The number of amides is 2. The maximum atomic E-state index is 11.7. The van der Waals surface area contributed by atoms with Crippen molar-refractivity contribution in [2.45, 2.75) is 0 Å². The van der Waals surface area contributed by atoms with Crippen LogP contribution in [0.15, 0.2) is 48.7 Å². The maximum Gasteiger partial charge on any atom is 0.324 e. The summed E-state index contributed by atoms with van der Waals surface area (Å²) in [6.07, 6.45) is 1.61. The highest BCUT2D eigenvalue weighted by Crippen LogP contribution is 2.22. The van der Waals surface area contributed by atoms with E-state index in [1.54, 1.807) is 43.6 Å². The topological polar surface area (TPSA) is 63.2 Å². The standard InChI is InChI=1S/C13H13N3O2/c1-18-11-7-3-2-6-10(11)15-13(17)16-12-8-4-5-9-14-12/h2-9H,1H3,(H2,14,15,16,17). The zero-order chi connectivity index (χ0) is 12.8. The van der Waals surface area contributed by atoms with E-state index < -0.39 is 0 Å². The lowest BCUT2D eigenvalue weighted by molar-refractivity contribution is 0.262. The summed E-state index contributed by atoms with van der Waals surface area (Å²) in [6.45, 7) is 0. The Labute approximate surface area is 105 Å². The van der Waals surface area contributed by atoms with Crippen LogP contribution < -0.4 is 15.4 Å². The van der Waals surface area contributed by atoms with Crippen LogP contribution in [0.1, 0.15) is 0 Å². The molecule has 2 N–H and O–H groups in total. The van der Waals surface area contributed by atoms with Crippen LogP contribution >= 0.6 is 0 Å². The highest BCUT2D eigenvalue weighted by molar-refractivity contribution is 6.00. The van der Waals surface area contributed by atoms with Gasteiger partial charge in [-0.05, 0) is 24.3 Å². The Morgan fingerprint density at radius 3 is 2.61 bits per heavy atom. The Bertz CT molecular complexity index is 529. The number of para-hydroxylation sites is 2. The molecule has 0 radical (unpaired) electrons. The van der Waals surface area contributed by atoms with Gasteiger partial charge in [0.2, 0.25) is 0 Å². The van der Waals surface area contributed by atoms with E-state index in [1.165, 1.54) is 0 Å². The number of rotatable bonds is 3. The molecular formula is C13H13N3O2. The summed E-state index contributed by atoms with van der Waals surface area (Å²) in [6, 6.07) is 12.1. The number of methoxy groups -OCH3 is 1. The SMILES string of the molecule is COc1ccccc1NC(=O)Nc1ccccn1. The first-order chi connectivity index (χ1) is 8.79. The first kappa shape index (κ1) is 11.9. The monoisotopic (exact) mass is 243 g/mol. The second-order valence-electron chi connectivity index (χ2n) is 3.49. The van der Waals surface area contributed by atoms with Crippen LogP contribution in [-0.2, 0) is 0 Å². The minimum atomic E-state index is -0.363. The number of nitrogens with one attached hydrogen (secondary N) is 2. The summed E-state index contributed by atoms with van der Waals surface area (Å²) in [4.78, 5) is 15.7. The van der Waals surface area contributed by atoms with E-state index in [0.717, 1.165) is 0 Å². The van der Waals surface area contributed by atoms with Gasteiger partial charge in [-0.3, -0.25) is 5.32 Å². The highest BCUT2D eigenvalue weighted by atomic mass is 16.5. The van der Waals surface area contributed by atoms with Crippen LogP contribution in [0, 0.1) is 0 Å². The number of anilines is 2. The number of urea groups is 1. The van der Waals surface area contributed by atoms with E-state index in [-0.39, 0.29) is 6.03 Å². The van der Waals surface area contributed by atoms with Crippen molar-refractivity contribution in [3.05, 3.63) is 48.7 Å². The number of carbonyl (C=O) groups is 1. The van der Waals surface area contributed by atoms with Crippen molar-refractivity contribution in [3.63, 3.8) is 0 Å². The lowest BCUT2D eigenvalue weighted by Crippen LogP contribution is -2.20. The van der Waals surface area contributed by atoms with Gasteiger partial charge in [0.1, 0.15) is 11.6 Å². The number of nitrogens with zero attached hydrogens (tertiary/aromatic N) is 1. The van der Waals surface area contributed by atoms with E-state index in [4.69, 9.17) is 4.74 Å². The first-order valence-electron chi connectivity index (χ1n) is 5.41. The van der Waals surface area contributed by atoms with Crippen LogP contribution in [0.3, 0.4) is 0 Å². The van der Waals surface area contributed by atoms with Gasteiger partial charge in [-0.25, -0.2) is 9.78 Å². The molecule has 2 aromatic rings. The average molecular weight is 243 g/mol. The second kappa shape index (κ2) is 5.67. The molecule has 1 heterocycles. The van der Waals surface area contributed by atoms with Gasteiger partial charge in [0.15, 0.2) is 0 Å². The number of carbonyl (C=O) groups excluding carboxylic acids is 1. The zero-order valence-corrected chi connectivity index (χ0v) is 9.88. The molecule has 0 fully saturated rings. The summed E-state index contributed by atoms with van der Waals surface area (Å²) < 4.78 is 5.14. The Balaban J connectivity index is 2.03. The predicted molar refractivity (Wildman–Crippen MR) is 69.9 cm³/mol. The fourth-order valence-electron chi connectivity index (χ4n) is 1.45. The van der Waals surface area contributed by atoms with Crippen LogP contribution in [0.25, 0.3) is 0 Å². The lowest BCUT2D eigenvalue weighted by Gasteiger charge is -2.10. The molecule has 0 aliphatic carbocycles. The molecule has 0 atom stereocenters. The normalized spacial score (nSPS) is 9.61. The molecular weight excluding hydrogens is 230 g/mol. The molecule has 0 aliphatic rings. The van der Waals surface area contributed by atoms with Crippen molar-refractivity contribution in [1.29, 1.82) is 0 Å². The van der Waals surface area contributed by atoms with Crippen molar-refractivity contribution < 1.29 is 9.53 Å². The third-order valence-electron chi connectivity index (χ3n) is 2.26. The summed E-state index contributed by atoms with van der Waals surface area (Å²) >= 11 is 0. The molecule has 5 heteroatoms. The van der Waals surface area contributed by atoms with Gasteiger partial charge in [-0.2, -0.15) is 0 Å². The minimum Gasteiger partial charge on any atom is -0.495 e. The van der Waals surface area contributed by atoms with Crippen molar-refractivity contribution in [1.82, 2.24) is 4.98 Å². The molecule has 1 aromatic heterocycles. The minimum absolute atomic E-state index is 0.363. The molecule has 0 saturated carbocycles. The van der Waals surface area contributed by atoms with E-state index in [1.807, 2.05) is 12.1 Å².